The summed E-state index contributed by atoms with van der Waals surface area (Å²) in [7, 11) is 0. The lowest BCUT2D eigenvalue weighted by Crippen LogP contribution is -2.68. The van der Waals surface area contributed by atoms with Crippen LogP contribution < -0.4 is 10.3 Å². The van der Waals surface area contributed by atoms with Crippen molar-refractivity contribution in [1.29, 1.82) is 0 Å². The van der Waals surface area contributed by atoms with Crippen molar-refractivity contribution in [1.82, 2.24) is 20.2 Å². The summed E-state index contributed by atoms with van der Waals surface area (Å²) in [5, 5.41) is 1.20. The highest BCUT2D eigenvalue weighted by molar-refractivity contribution is 6.35. The van der Waals surface area contributed by atoms with E-state index in [2.05, 4.69) is 29.7 Å². The van der Waals surface area contributed by atoms with Crippen LogP contribution in [-0.4, -0.2) is 71.5 Å². The summed E-state index contributed by atoms with van der Waals surface area (Å²) < 4.78 is 0. The number of benzene rings is 2. The molecule has 0 bridgehead atoms. The minimum absolute atomic E-state index is 0.125. The zero-order valence-electron chi connectivity index (χ0n) is 18.6. The highest BCUT2D eigenvalue weighted by atomic mass is 16.2. The molecule has 3 amide bonds. The summed E-state index contributed by atoms with van der Waals surface area (Å²) in [6.45, 7) is 2.31. The lowest BCUT2D eigenvalue weighted by atomic mass is 9.90. The van der Waals surface area contributed by atoms with Gasteiger partial charge in [0.25, 0.3) is 0 Å². The molecular weight excluding hydrogens is 418 g/mol. The first-order chi connectivity index (χ1) is 16.1. The molecule has 1 N–H and O–H groups in total. The fourth-order valence-corrected chi connectivity index (χ4v) is 4.99. The number of nitrogens with one attached hydrogen (secondary N) is 1. The number of amides is 3. The predicted octanol–water partition coefficient (Wildman–Crippen LogP) is 1.45. The van der Waals surface area contributed by atoms with Gasteiger partial charge in [-0.1, -0.05) is 48.5 Å². The van der Waals surface area contributed by atoms with E-state index in [9.17, 15) is 14.4 Å². The zero-order chi connectivity index (χ0) is 22.8. The Labute approximate surface area is 193 Å². The second kappa shape index (κ2) is 9.23. The average molecular weight is 448 g/mol. The molecule has 2 aromatic rings. The van der Waals surface area contributed by atoms with Gasteiger partial charge in [-0.15, -0.1) is 0 Å². The molecule has 0 radical (unpaired) electrons. The normalized spacial score (nSPS) is 21.5. The molecule has 33 heavy (non-hydrogen) atoms. The molecule has 3 aliphatic rings. The number of para-hydroxylation sites is 1. The molecule has 0 aromatic heterocycles. The van der Waals surface area contributed by atoms with Gasteiger partial charge in [-0.3, -0.25) is 24.3 Å². The van der Waals surface area contributed by atoms with Gasteiger partial charge in [0.05, 0.1) is 0 Å². The number of fused-ring (bicyclic) bond motifs is 1. The number of likely N-dealkylation sites (tertiary alicyclic amines) is 1. The second-order valence-corrected chi connectivity index (χ2v) is 8.94. The summed E-state index contributed by atoms with van der Waals surface area (Å²) >= 11 is 0. The van der Waals surface area contributed by atoms with Crippen molar-refractivity contribution in [2.45, 2.75) is 25.6 Å². The number of carbonyl (C=O) groups excluding carboxylic acids is 3. The molecule has 172 valence electrons. The van der Waals surface area contributed by atoms with E-state index >= 15 is 0 Å². The molecule has 3 fully saturated rings. The largest absolute Gasteiger partial charge is 0.341 e. The fraction of sp³-hybridized carbons (Fsp3) is 0.400. The first kappa shape index (κ1) is 21.5. The van der Waals surface area contributed by atoms with Crippen molar-refractivity contribution in [3.05, 3.63) is 66.2 Å². The molecular formula is C25H29N5O3. The van der Waals surface area contributed by atoms with Crippen molar-refractivity contribution < 1.29 is 14.4 Å². The topological polar surface area (TPSA) is 76.2 Å². The number of carbonyl (C=O) groups is 3. The second-order valence-electron chi connectivity index (χ2n) is 8.94. The van der Waals surface area contributed by atoms with Gasteiger partial charge < -0.3 is 9.80 Å². The van der Waals surface area contributed by atoms with Gasteiger partial charge in [-0.25, -0.2) is 0 Å². The third kappa shape index (κ3) is 4.43. The van der Waals surface area contributed by atoms with Gasteiger partial charge in [0.1, 0.15) is 6.54 Å². The van der Waals surface area contributed by atoms with E-state index in [1.807, 2.05) is 46.2 Å². The molecule has 2 aromatic carbocycles. The molecule has 1 unspecified atom stereocenters. The maximum Gasteiger partial charge on any atom is 0.326 e. The van der Waals surface area contributed by atoms with Crippen LogP contribution in [0.1, 0.15) is 18.4 Å². The minimum atomic E-state index is -0.673. The van der Waals surface area contributed by atoms with Crippen LogP contribution in [0.4, 0.5) is 5.69 Å². The van der Waals surface area contributed by atoms with Gasteiger partial charge in [0.2, 0.25) is 5.91 Å². The molecule has 0 spiro atoms. The van der Waals surface area contributed by atoms with Crippen molar-refractivity contribution in [2.75, 3.05) is 37.6 Å². The first-order valence-corrected chi connectivity index (χ1v) is 11.6. The summed E-state index contributed by atoms with van der Waals surface area (Å²) in [6.07, 6.45) is 2.44. The fourth-order valence-electron chi connectivity index (χ4n) is 4.99. The van der Waals surface area contributed by atoms with Crippen LogP contribution in [0.5, 0.6) is 0 Å². The van der Waals surface area contributed by atoms with Crippen LogP contribution in [-0.2, 0) is 20.8 Å². The molecule has 1 atom stereocenters. The van der Waals surface area contributed by atoms with Crippen molar-refractivity contribution in [3.8, 4) is 0 Å². The van der Waals surface area contributed by atoms with Crippen molar-refractivity contribution in [2.24, 2.45) is 5.92 Å². The SMILES string of the molecule is O=C(CN1NC2N(CCN2c2ccccc2)C(=O)C1=O)N1CCC(Cc2ccccc2)CC1. The summed E-state index contributed by atoms with van der Waals surface area (Å²) in [5.41, 5.74) is 5.41. The third-order valence-electron chi connectivity index (χ3n) is 6.85. The van der Waals surface area contributed by atoms with Gasteiger partial charge in [-0.05, 0) is 42.9 Å². The summed E-state index contributed by atoms with van der Waals surface area (Å²) in [5.74, 6) is -0.807. The van der Waals surface area contributed by atoms with Gasteiger partial charge in [-0.2, -0.15) is 5.43 Å². The average Bonchev–Trinajstić information content (AvgIpc) is 3.28. The number of hydrogen-bond donors (Lipinski definition) is 1. The van der Waals surface area contributed by atoms with Crippen molar-refractivity contribution in [3.63, 3.8) is 0 Å². The number of anilines is 1. The first-order valence-electron chi connectivity index (χ1n) is 11.6. The Kier molecular flexibility index (Phi) is 6.00. The number of rotatable bonds is 5. The molecule has 5 rings (SSSR count). The van der Waals surface area contributed by atoms with Crippen LogP contribution in [0.3, 0.4) is 0 Å². The highest BCUT2D eigenvalue weighted by Crippen LogP contribution is 2.25. The summed E-state index contributed by atoms with van der Waals surface area (Å²) in [4.78, 5) is 43.7. The van der Waals surface area contributed by atoms with Gasteiger partial charge in [0, 0.05) is 31.9 Å². The maximum atomic E-state index is 13.0. The Morgan fingerprint density at radius 2 is 1.45 bits per heavy atom. The molecule has 3 saturated heterocycles. The van der Waals surface area contributed by atoms with Crippen LogP contribution in [0, 0.1) is 5.92 Å². The van der Waals surface area contributed by atoms with E-state index in [1.54, 1.807) is 0 Å². The number of piperidine rings is 1. The Hall–Kier alpha value is -3.39. The molecule has 8 heteroatoms. The maximum absolute atomic E-state index is 13.0. The van der Waals surface area contributed by atoms with Gasteiger partial charge >= 0.3 is 11.8 Å². The van der Waals surface area contributed by atoms with Crippen molar-refractivity contribution >= 4 is 23.4 Å². The Morgan fingerprint density at radius 1 is 0.818 bits per heavy atom. The van der Waals surface area contributed by atoms with E-state index in [1.165, 1.54) is 15.5 Å². The monoisotopic (exact) mass is 447 g/mol. The highest BCUT2D eigenvalue weighted by Gasteiger charge is 2.46. The molecule has 8 nitrogen and oxygen atoms in total. The number of nitrogens with zero attached hydrogens (tertiary/aromatic N) is 4. The smallest absolute Gasteiger partial charge is 0.326 e. The quantitative estimate of drug-likeness (QED) is 0.703. The zero-order valence-corrected chi connectivity index (χ0v) is 18.6. The molecule has 0 saturated carbocycles. The lowest BCUT2D eigenvalue weighted by molar-refractivity contribution is -0.164. The van der Waals surface area contributed by atoms with Crippen LogP contribution in [0.25, 0.3) is 0 Å². The minimum Gasteiger partial charge on any atom is -0.341 e. The number of hydrogen-bond acceptors (Lipinski definition) is 5. The predicted molar refractivity (Wildman–Crippen MR) is 124 cm³/mol. The van der Waals surface area contributed by atoms with E-state index in [-0.39, 0.29) is 12.5 Å². The molecule has 3 heterocycles. The van der Waals surface area contributed by atoms with Crippen LogP contribution in [0.2, 0.25) is 0 Å². The van der Waals surface area contributed by atoms with Crippen LogP contribution in [0.15, 0.2) is 60.7 Å². The van der Waals surface area contributed by atoms with E-state index in [0.29, 0.717) is 32.1 Å². The van der Waals surface area contributed by atoms with E-state index in [0.717, 1.165) is 24.9 Å². The van der Waals surface area contributed by atoms with E-state index < -0.39 is 18.1 Å². The third-order valence-corrected chi connectivity index (χ3v) is 6.85. The van der Waals surface area contributed by atoms with Crippen LogP contribution >= 0.6 is 0 Å². The number of hydrazine groups is 1. The standard InChI is InChI=1S/C25H29N5O3/c31-22(27-13-11-20(12-14-27)17-19-7-3-1-4-8-19)18-30-24(33)23(32)29-16-15-28(25(29)26-30)21-9-5-2-6-10-21/h1-10,20,25-26H,11-18H2. The Morgan fingerprint density at radius 3 is 2.15 bits per heavy atom. The van der Waals surface area contributed by atoms with E-state index in [4.69, 9.17) is 0 Å². The Bertz CT molecular complexity index is 1010. The lowest BCUT2D eigenvalue weighted by Gasteiger charge is -2.41. The molecule has 0 aliphatic carbocycles. The Balaban J connectivity index is 1.19. The van der Waals surface area contributed by atoms with Gasteiger partial charge in [0.15, 0.2) is 6.29 Å². The summed E-state index contributed by atoms with van der Waals surface area (Å²) in [6, 6.07) is 20.2. The molecule has 3 aliphatic heterocycles.